The van der Waals surface area contributed by atoms with Crippen LogP contribution in [0, 0.1) is 0 Å². The summed E-state index contributed by atoms with van der Waals surface area (Å²) in [6.45, 7) is 4.07. The Kier molecular flexibility index (Phi) is 3.92. The van der Waals surface area contributed by atoms with Gasteiger partial charge in [-0.2, -0.15) is 0 Å². The summed E-state index contributed by atoms with van der Waals surface area (Å²) in [5.41, 5.74) is 0.672. The van der Waals surface area contributed by atoms with E-state index in [2.05, 4.69) is 0 Å². The molecule has 1 aromatic rings. The van der Waals surface area contributed by atoms with Crippen LogP contribution in [0.5, 0.6) is 5.75 Å². The molecule has 14 heavy (non-hydrogen) atoms. The minimum Gasteiger partial charge on any atom is -0.508 e. The summed E-state index contributed by atoms with van der Waals surface area (Å²) < 4.78 is 5.27. The topological polar surface area (TPSA) is 49.7 Å². The lowest BCUT2D eigenvalue weighted by Crippen LogP contribution is -2.11. The van der Waals surface area contributed by atoms with Gasteiger partial charge >= 0.3 is 0 Å². The average molecular weight is 196 g/mol. The highest BCUT2D eigenvalue weighted by Crippen LogP contribution is 2.18. The zero-order valence-corrected chi connectivity index (χ0v) is 8.47. The number of aromatic hydroxyl groups is 1. The molecule has 0 aromatic heterocycles. The summed E-state index contributed by atoms with van der Waals surface area (Å²) in [6, 6.07) is 6.56. The predicted octanol–water partition coefficient (Wildman–Crippen LogP) is 1.85. The third kappa shape index (κ3) is 3.36. The largest absolute Gasteiger partial charge is 0.508 e. The van der Waals surface area contributed by atoms with Gasteiger partial charge in [-0.1, -0.05) is 12.1 Å². The number of aliphatic hydroxyl groups is 1. The van der Waals surface area contributed by atoms with Crippen LogP contribution in [-0.2, 0) is 4.74 Å². The Balaban J connectivity index is 2.56. The predicted molar refractivity (Wildman–Crippen MR) is 54.2 cm³/mol. The molecule has 0 saturated heterocycles. The van der Waals surface area contributed by atoms with E-state index in [1.54, 1.807) is 18.2 Å². The van der Waals surface area contributed by atoms with Crippen LogP contribution in [0.4, 0.5) is 0 Å². The SMILES string of the molecule is CC(C)OCC(O)c1cccc(O)c1. The fourth-order valence-electron chi connectivity index (χ4n) is 1.11. The van der Waals surface area contributed by atoms with Gasteiger partial charge in [-0.25, -0.2) is 0 Å². The Morgan fingerprint density at radius 3 is 2.64 bits per heavy atom. The normalized spacial score (nSPS) is 13.1. The van der Waals surface area contributed by atoms with Gasteiger partial charge in [0.1, 0.15) is 11.9 Å². The van der Waals surface area contributed by atoms with E-state index in [-0.39, 0.29) is 18.5 Å². The van der Waals surface area contributed by atoms with Crippen molar-refractivity contribution in [3.05, 3.63) is 29.8 Å². The third-order valence-electron chi connectivity index (χ3n) is 1.84. The standard InChI is InChI=1S/C11H16O3/c1-8(2)14-7-11(13)9-4-3-5-10(12)6-9/h3-6,8,11-13H,7H2,1-2H3. The molecular formula is C11H16O3. The molecule has 0 spiro atoms. The fraction of sp³-hybridized carbons (Fsp3) is 0.455. The van der Waals surface area contributed by atoms with Gasteiger partial charge in [0.2, 0.25) is 0 Å². The maximum Gasteiger partial charge on any atom is 0.115 e. The molecule has 0 aliphatic carbocycles. The van der Waals surface area contributed by atoms with Gasteiger partial charge in [-0.05, 0) is 31.5 Å². The summed E-state index contributed by atoms with van der Waals surface area (Å²) in [4.78, 5) is 0. The van der Waals surface area contributed by atoms with Crippen LogP contribution >= 0.6 is 0 Å². The lowest BCUT2D eigenvalue weighted by molar-refractivity contribution is 0.00487. The van der Waals surface area contributed by atoms with E-state index in [9.17, 15) is 10.2 Å². The summed E-state index contributed by atoms with van der Waals surface area (Å²) in [5, 5.41) is 18.8. The van der Waals surface area contributed by atoms with Gasteiger partial charge in [-0.3, -0.25) is 0 Å². The molecule has 0 heterocycles. The van der Waals surface area contributed by atoms with Crippen molar-refractivity contribution in [2.24, 2.45) is 0 Å². The number of rotatable bonds is 4. The number of phenols is 1. The second kappa shape index (κ2) is 4.98. The van der Waals surface area contributed by atoms with Crippen molar-refractivity contribution < 1.29 is 14.9 Å². The number of ether oxygens (including phenoxy) is 1. The highest BCUT2D eigenvalue weighted by Gasteiger charge is 2.08. The minimum atomic E-state index is -0.676. The van der Waals surface area contributed by atoms with E-state index in [1.807, 2.05) is 13.8 Å². The van der Waals surface area contributed by atoms with Gasteiger partial charge in [0.05, 0.1) is 12.7 Å². The van der Waals surface area contributed by atoms with Crippen LogP contribution < -0.4 is 0 Å². The van der Waals surface area contributed by atoms with Crippen LogP contribution in [-0.4, -0.2) is 22.9 Å². The second-order valence-electron chi connectivity index (χ2n) is 3.49. The Labute approximate surface area is 84.0 Å². The Bertz CT molecular complexity index is 284. The van der Waals surface area contributed by atoms with E-state index in [0.717, 1.165) is 0 Å². The lowest BCUT2D eigenvalue weighted by atomic mass is 10.1. The summed E-state index contributed by atoms with van der Waals surface area (Å²) >= 11 is 0. The van der Waals surface area contributed by atoms with E-state index in [4.69, 9.17) is 4.74 Å². The van der Waals surface area contributed by atoms with E-state index >= 15 is 0 Å². The van der Waals surface area contributed by atoms with Gasteiger partial charge in [0, 0.05) is 0 Å². The molecule has 0 aliphatic heterocycles. The second-order valence-corrected chi connectivity index (χ2v) is 3.49. The highest BCUT2D eigenvalue weighted by molar-refractivity contribution is 5.28. The van der Waals surface area contributed by atoms with Crippen molar-refractivity contribution in [3.8, 4) is 5.75 Å². The number of hydrogen-bond donors (Lipinski definition) is 2. The summed E-state index contributed by atoms with van der Waals surface area (Å²) in [5.74, 6) is 0.158. The molecule has 2 N–H and O–H groups in total. The van der Waals surface area contributed by atoms with E-state index in [1.165, 1.54) is 6.07 Å². The molecule has 1 rings (SSSR count). The van der Waals surface area contributed by atoms with Crippen LogP contribution in [0.1, 0.15) is 25.5 Å². The molecule has 0 amide bonds. The smallest absolute Gasteiger partial charge is 0.115 e. The Morgan fingerprint density at radius 2 is 2.07 bits per heavy atom. The first-order chi connectivity index (χ1) is 6.59. The third-order valence-corrected chi connectivity index (χ3v) is 1.84. The molecule has 1 atom stereocenters. The summed E-state index contributed by atoms with van der Waals surface area (Å²) in [6.07, 6.45) is -0.577. The zero-order valence-electron chi connectivity index (χ0n) is 8.47. The molecule has 3 heteroatoms. The Morgan fingerprint density at radius 1 is 1.36 bits per heavy atom. The number of phenolic OH excluding ortho intramolecular Hbond substituents is 1. The van der Waals surface area contributed by atoms with Crippen molar-refractivity contribution in [3.63, 3.8) is 0 Å². The molecule has 0 bridgehead atoms. The maximum absolute atomic E-state index is 9.66. The first-order valence-corrected chi connectivity index (χ1v) is 4.68. The van der Waals surface area contributed by atoms with Crippen LogP contribution in [0.3, 0.4) is 0 Å². The van der Waals surface area contributed by atoms with Crippen molar-refractivity contribution in [1.29, 1.82) is 0 Å². The lowest BCUT2D eigenvalue weighted by Gasteiger charge is -2.13. The first kappa shape index (κ1) is 11.0. The molecular weight excluding hydrogens is 180 g/mol. The number of benzene rings is 1. The van der Waals surface area contributed by atoms with Crippen molar-refractivity contribution in [1.82, 2.24) is 0 Å². The molecule has 0 aliphatic rings. The monoisotopic (exact) mass is 196 g/mol. The average Bonchev–Trinajstić information content (AvgIpc) is 2.14. The van der Waals surface area contributed by atoms with Gasteiger partial charge in [0.25, 0.3) is 0 Å². The molecule has 1 unspecified atom stereocenters. The summed E-state index contributed by atoms with van der Waals surface area (Å²) in [7, 11) is 0. The van der Waals surface area contributed by atoms with Gasteiger partial charge < -0.3 is 14.9 Å². The number of hydrogen-bond acceptors (Lipinski definition) is 3. The maximum atomic E-state index is 9.66. The molecule has 0 radical (unpaired) electrons. The quantitative estimate of drug-likeness (QED) is 0.772. The fourth-order valence-corrected chi connectivity index (χ4v) is 1.11. The van der Waals surface area contributed by atoms with Crippen LogP contribution in [0.15, 0.2) is 24.3 Å². The van der Waals surface area contributed by atoms with Gasteiger partial charge in [0.15, 0.2) is 0 Å². The molecule has 0 saturated carbocycles. The van der Waals surface area contributed by atoms with E-state index < -0.39 is 6.10 Å². The van der Waals surface area contributed by atoms with Gasteiger partial charge in [-0.15, -0.1) is 0 Å². The van der Waals surface area contributed by atoms with Crippen molar-refractivity contribution in [2.45, 2.75) is 26.1 Å². The highest BCUT2D eigenvalue weighted by atomic mass is 16.5. The van der Waals surface area contributed by atoms with Crippen molar-refractivity contribution in [2.75, 3.05) is 6.61 Å². The molecule has 78 valence electrons. The first-order valence-electron chi connectivity index (χ1n) is 4.68. The van der Waals surface area contributed by atoms with Crippen molar-refractivity contribution >= 4 is 0 Å². The Hall–Kier alpha value is -1.06. The molecule has 1 aromatic carbocycles. The zero-order chi connectivity index (χ0) is 10.6. The van der Waals surface area contributed by atoms with E-state index in [0.29, 0.717) is 5.56 Å². The molecule has 3 nitrogen and oxygen atoms in total. The van der Waals surface area contributed by atoms with Crippen LogP contribution in [0.2, 0.25) is 0 Å². The number of aliphatic hydroxyl groups excluding tert-OH is 1. The van der Waals surface area contributed by atoms with Crippen LogP contribution in [0.25, 0.3) is 0 Å². The minimum absolute atomic E-state index is 0.0990. The molecule has 0 fully saturated rings.